The third kappa shape index (κ3) is 2.78. The van der Waals surface area contributed by atoms with Gasteiger partial charge in [-0.2, -0.15) is 0 Å². The van der Waals surface area contributed by atoms with Gasteiger partial charge in [-0.25, -0.2) is 15.0 Å². The highest BCUT2D eigenvalue weighted by Crippen LogP contribution is 2.24. The quantitative estimate of drug-likeness (QED) is 0.684. The zero-order chi connectivity index (χ0) is 14.1. The summed E-state index contributed by atoms with van der Waals surface area (Å²) in [6.07, 6.45) is 6.83. The van der Waals surface area contributed by atoms with Gasteiger partial charge in [-0.1, -0.05) is 0 Å². The number of halogens is 1. The number of fused-ring (bicyclic) bond motifs is 1. The number of aliphatic hydroxyl groups is 1. The molecule has 1 fully saturated rings. The van der Waals surface area contributed by atoms with Gasteiger partial charge in [0.25, 0.3) is 0 Å². The molecule has 106 valence electrons. The number of aromatic nitrogens is 3. The third-order valence-corrected chi connectivity index (χ3v) is 4.43. The van der Waals surface area contributed by atoms with Gasteiger partial charge in [0.15, 0.2) is 0 Å². The molecule has 1 aliphatic carbocycles. The van der Waals surface area contributed by atoms with Crippen LogP contribution in [0.2, 0.25) is 0 Å². The molecule has 0 aromatic carbocycles. The first-order valence-corrected chi connectivity index (χ1v) is 7.72. The van der Waals surface area contributed by atoms with Crippen molar-refractivity contribution in [2.45, 2.75) is 37.8 Å². The molecule has 0 aliphatic heterocycles. The Morgan fingerprint density at radius 3 is 2.70 bits per heavy atom. The molecule has 0 atom stereocenters. The number of aliphatic hydroxyl groups excluding tert-OH is 1. The van der Waals surface area contributed by atoms with Crippen molar-refractivity contribution in [3.8, 4) is 0 Å². The fourth-order valence-corrected chi connectivity index (χ4v) is 3.03. The summed E-state index contributed by atoms with van der Waals surface area (Å²) in [6, 6.07) is 0.327. The topological polar surface area (TPSA) is 97.0 Å². The fraction of sp³-hybridized carbons (Fsp3) is 0.462. The molecule has 3 rings (SSSR count). The first kappa shape index (κ1) is 13.7. The van der Waals surface area contributed by atoms with Crippen LogP contribution in [0.25, 0.3) is 10.9 Å². The van der Waals surface area contributed by atoms with Gasteiger partial charge in [0.2, 0.25) is 5.95 Å². The van der Waals surface area contributed by atoms with Crippen LogP contribution in [0.15, 0.2) is 12.4 Å². The second-order valence-corrected chi connectivity index (χ2v) is 6.26. The molecular formula is C13H16IN5O. The lowest BCUT2D eigenvalue weighted by Gasteiger charge is -2.26. The molecule has 0 radical (unpaired) electrons. The second-order valence-electron chi connectivity index (χ2n) is 5.10. The number of hydrogen-bond donors (Lipinski definition) is 3. The van der Waals surface area contributed by atoms with E-state index in [1.165, 1.54) is 0 Å². The molecular weight excluding hydrogens is 369 g/mol. The Labute approximate surface area is 130 Å². The van der Waals surface area contributed by atoms with Crippen LogP contribution in [-0.4, -0.2) is 32.2 Å². The Hall–Kier alpha value is -1.22. The van der Waals surface area contributed by atoms with Crippen molar-refractivity contribution in [1.29, 1.82) is 0 Å². The molecule has 0 bridgehead atoms. The van der Waals surface area contributed by atoms with Gasteiger partial charge in [0.1, 0.15) is 5.82 Å². The highest BCUT2D eigenvalue weighted by molar-refractivity contribution is 14.1. The maximum absolute atomic E-state index is 9.52. The number of nitrogen functional groups attached to an aromatic ring is 1. The lowest BCUT2D eigenvalue weighted by atomic mass is 9.93. The molecule has 2 heterocycles. The van der Waals surface area contributed by atoms with Crippen LogP contribution in [0.3, 0.4) is 0 Å². The number of nitrogens with one attached hydrogen (secondary N) is 1. The van der Waals surface area contributed by atoms with Gasteiger partial charge in [-0.3, -0.25) is 0 Å². The number of hydrogen-bond acceptors (Lipinski definition) is 6. The molecule has 0 saturated heterocycles. The van der Waals surface area contributed by atoms with Crippen LogP contribution >= 0.6 is 22.6 Å². The number of nitrogens with zero attached hydrogens (tertiary/aromatic N) is 3. The summed E-state index contributed by atoms with van der Waals surface area (Å²) in [4.78, 5) is 13.0. The Balaban J connectivity index is 1.84. The number of rotatable bonds is 2. The SMILES string of the molecule is Nc1ncc(I)c2nc(NC3CCC(O)CC3)ncc12. The molecule has 20 heavy (non-hydrogen) atoms. The lowest BCUT2D eigenvalue weighted by molar-refractivity contribution is 0.126. The Kier molecular flexibility index (Phi) is 3.88. The van der Waals surface area contributed by atoms with Crippen LogP contribution in [0, 0.1) is 3.57 Å². The highest BCUT2D eigenvalue weighted by Gasteiger charge is 2.20. The zero-order valence-corrected chi connectivity index (χ0v) is 13.0. The first-order valence-electron chi connectivity index (χ1n) is 6.65. The van der Waals surface area contributed by atoms with Crippen LogP contribution in [0.5, 0.6) is 0 Å². The minimum atomic E-state index is -0.155. The van der Waals surface area contributed by atoms with Gasteiger partial charge in [-0.15, -0.1) is 0 Å². The van der Waals surface area contributed by atoms with Crippen molar-refractivity contribution >= 4 is 45.3 Å². The second kappa shape index (κ2) is 5.65. The van der Waals surface area contributed by atoms with Gasteiger partial charge in [0, 0.05) is 18.4 Å². The van der Waals surface area contributed by atoms with Gasteiger partial charge >= 0.3 is 0 Å². The average molecular weight is 385 g/mol. The Bertz CT molecular complexity index is 627. The van der Waals surface area contributed by atoms with Gasteiger partial charge in [0.05, 0.1) is 20.6 Å². The van der Waals surface area contributed by atoms with Crippen molar-refractivity contribution in [1.82, 2.24) is 15.0 Å². The lowest BCUT2D eigenvalue weighted by Crippen LogP contribution is -2.28. The Morgan fingerprint density at radius 2 is 1.95 bits per heavy atom. The van der Waals surface area contributed by atoms with E-state index < -0.39 is 0 Å². The molecule has 4 N–H and O–H groups in total. The normalized spacial score (nSPS) is 22.9. The first-order chi connectivity index (χ1) is 9.63. The van der Waals surface area contributed by atoms with Crippen molar-refractivity contribution in [2.75, 3.05) is 11.1 Å². The van der Waals surface area contributed by atoms with Crippen LogP contribution in [0.1, 0.15) is 25.7 Å². The molecule has 0 spiro atoms. The molecule has 7 heteroatoms. The fourth-order valence-electron chi connectivity index (χ4n) is 2.48. The summed E-state index contributed by atoms with van der Waals surface area (Å²) in [7, 11) is 0. The van der Waals surface area contributed by atoms with Crippen LogP contribution < -0.4 is 11.1 Å². The van der Waals surface area contributed by atoms with Gasteiger partial charge in [-0.05, 0) is 48.3 Å². The maximum Gasteiger partial charge on any atom is 0.223 e. The van der Waals surface area contributed by atoms with Crippen molar-refractivity contribution in [3.63, 3.8) is 0 Å². The minimum Gasteiger partial charge on any atom is -0.393 e. The molecule has 2 aromatic heterocycles. The smallest absolute Gasteiger partial charge is 0.223 e. The predicted octanol–water partition coefficient (Wildman–Crippen LogP) is 1.93. The monoisotopic (exact) mass is 385 g/mol. The third-order valence-electron chi connectivity index (χ3n) is 3.64. The van der Waals surface area contributed by atoms with E-state index in [1.54, 1.807) is 12.4 Å². The van der Waals surface area contributed by atoms with Crippen molar-refractivity contribution in [2.24, 2.45) is 0 Å². The van der Waals surface area contributed by atoms with Crippen LogP contribution in [-0.2, 0) is 0 Å². The van der Waals surface area contributed by atoms with E-state index in [0.717, 1.165) is 40.2 Å². The molecule has 0 unspecified atom stereocenters. The molecule has 0 amide bonds. The largest absolute Gasteiger partial charge is 0.393 e. The molecule has 1 aliphatic rings. The van der Waals surface area contributed by atoms with Crippen molar-refractivity contribution < 1.29 is 5.11 Å². The number of anilines is 2. The molecule has 6 nitrogen and oxygen atoms in total. The van der Waals surface area contributed by atoms with E-state index in [1.807, 2.05) is 0 Å². The zero-order valence-electron chi connectivity index (χ0n) is 10.9. The average Bonchev–Trinajstić information content (AvgIpc) is 2.46. The Morgan fingerprint density at radius 1 is 1.20 bits per heavy atom. The molecule has 2 aromatic rings. The van der Waals surface area contributed by atoms with Crippen molar-refractivity contribution in [3.05, 3.63) is 16.0 Å². The van der Waals surface area contributed by atoms with Crippen LogP contribution in [0.4, 0.5) is 11.8 Å². The van der Waals surface area contributed by atoms with E-state index in [4.69, 9.17) is 5.73 Å². The van der Waals surface area contributed by atoms with E-state index in [-0.39, 0.29) is 6.10 Å². The number of nitrogens with two attached hydrogens (primary N) is 1. The highest BCUT2D eigenvalue weighted by atomic mass is 127. The summed E-state index contributed by atoms with van der Waals surface area (Å²) < 4.78 is 0.955. The predicted molar refractivity (Wildman–Crippen MR) is 86.3 cm³/mol. The van der Waals surface area contributed by atoms with E-state index in [9.17, 15) is 5.11 Å². The summed E-state index contributed by atoms with van der Waals surface area (Å²) in [6.45, 7) is 0. The summed E-state index contributed by atoms with van der Waals surface area (Å²) >= 11 is 2.20. The summed E-state index contributed by atoms with van der Waals surface area (Å²) in [5.41, 5.74) is 6.66. The maximum atomic E-state index is 9.52. The van der Waals surface area contributed by atoms with E-state index in [2.05, 4.69) is 42.9 Å². The standard InChI is InChI=1S/C13H16IN5O/c14-10-6-16-12(15)9-5-17-13(19-11(9)10)18-7-1-3-8(20)4-2-7/h5-8,20H,1-4H2,(H2,15,16)(H,17,18,19). The summed E-state index contributed by atoms with van der Waals surface area (Å²) in [5, 5.41) is 13.6. The summed E-state index contributed by atoms with van der Waals surface area (Å²) in [5.74, 6) is 1.06. The van der Waals surface area contributed by atoms with E-state index >= 15 is 0 Å². The minimum absolute atomic E-state index is 0.155. The van der Waals surface area contributed by atoms with Gasteiger partial charge < -0.3 is 16.2 Å². The van der Waals surface area contributed by atoms with E-state index in [0.29, 0.717) is 17.8 Å². The molecule has 1 saturated carbocycles. The number of pyridine rings is 1.